The van der Waals surface area contributed by atoms with E-state index in [-0.39, 0.29) is 0 Å². The molecule has 0 radical (unpaired) electrons. The van der Waals surface area contributed by atoms with E-state index in [1.165, 1.54) is 0 Å². The molecule has 0 aromatic heterocycles. The second-order valence-electron chi connectivity index (χ2n) is 5.88. The van der Waals surface area contributed by atoms with E-state index >= 15 is 0 Å². The Kier molecular flexibility index (Phi) is 6.19. The van der Waals surface area contributed by atoms with Crippen LogP contribution in [0.4, 0.5) is 5.69 Å². The highest BCUT2D eigenvalue weighted by Gasteiger charge is 2.11. The minimum Gasteiger partial charge on any atom is -0.497 e. The first-order chi connectivity index (χ1) is 12.8. The monoisotopic (exact) mass is 355 g/mol. The Labute approximate surface area is 154 Å². The van der Waals surface area contributed by atoms with Crippen molar-refractivity contribution in [1.82, 2.24) is 5.32 Å². The van der Waals surface area contributed by atoms with Gasteiger partial charge in [-0.05, 0) is 36.8 Å². The van der Waals surface area contributed by atoms with Gasteiger partial charge in [-0.25, -0.2) is 4.99 Å². The molecule has 0 amide bonds. The van der Waals surface area contributed by atoms with Gasteiger partial charge in [0.1, 0.15) is 5.75 Å². The average Bonchev–Trinajstić information content (AvgIpc) is 2.91. The summed E-state index contributed by atoms with van der Waals surface area (Å²) in [5, 5.41) is 6.58. The quantitative estimate of drug-likeness (QED) is 0.635. The van der Waals surface area contributed by atoms with Crippen molar-refractivity contribution in [3.8, 4) is 17.2 Å². The highest BCUT2D eigenvalue weighted by molar-refractivity contribution is 5.93. The van der Waals surface area contributed by atoms with Gasteiger partial charge in [0.2, 0.25) is 0 Å². The third kappa shape index (κ3) is 4.81. The van der Waals surface area contributed by atoms with Crippen LogP contribution in [0.2, 0.25) is 0 Å². The Bertz CT molecular complexity index is 762. The molecular weight excluding hydrogens is 330 g/mol. The predicted molar refractivity (Wildman–Crippen MR) is 103 cm³/mol. The maximum absolute atomic E-state index is 5.75. The van der Waals surface area contributed by atoms with Crippen molar-refractivity contribution in [2.24, 2.45) is 4.99 Å². The van der Waals surface area contributed by atoms with Gasteiger partial charge in [-0.1, -0.05) is 12.1 Å². The highest BCUT2D eigenvalue weighted by Crippen LogP contribution is 2.32. The van der Waals surface area contributed by atoms with E-state index < -0.39 is 0 Å². The lowest BCUT2D eigenvalue weighted by Gasteiger charge is -2.14. The number of nitrogens with one attached hydrogen (secondary N) is 2. The van der Waals surface area contributed by atoms with Gasteiger partial charge < -0.3 is 24.8 Å². The molecule has 1 aliphatic heterocycles. The van der Waals surface area contributed by atoms with Crippen molar-refractivity contribution in [3.05, 3.63) is 48.0 Å². The van der Waals surface area contributed by atoms with Crippen molar-refractivity contribution in [3.63, 3.8) is 0 Å². The minimum absolute atomic E-state index is 0.553. The summed E-state index contributed by atoms with van der Waals surface area (Å²) >= 11 is 0. The third-order valence-corrected chi connectivity index (χ3v) is 3.91. The summed E-state index contributed by atoms with van der Waals surface area (Å²) in [6, 6.07) is 13.7. The van der Waals surface area contributed by atoms with Crippen LogP contribution in [0.5, 0.6) is 17.2 Å². The van der Waals surface area contributed by atoms with Crippen LogP contribution in [0, 0.1) is 0 Å². The first kappa shape index (κ1) is 17.9. The Morgan fingerprint density at radius 1 is 1.12 bits per heavy atom. The van der Waals surface area contributed by atoms with Crippen molar-refractivity contribution in [2.45, 2.75) is 19.9 Å². The van der Waals surface area contributed by atoms with Crippen LogP contribution in [0.15, 0.2) is 47.5 Å². The number of anilines is 1. The molecule has 0 aliphatic carbocycles. The molecule has 3 rings (SSSR count). The van der Waals surface area contributed by atoms with E-state index in [4.69, 9.17) is 14.2 Å². The van der Waals surface area contributed by atoms with Gasteiger partial charge in [0, 0.05) is 24.7 Å². The number of ether oxygens (including phenoxy) is 3. The SMILES string of the molecule is CCNC(=NCc1cccc(OC)c1)Nc1ccc2c(c1)OCCCO2. The molecule has 0 saturated heterocycles. The lowest BCUT2D eigenvalue weighted by molar-refractivity contribution is 0.297. The first-order valence-corrected chi connectivity index (χ1v) is 8.86. The third-order valence-electron chi connectivity index (χ3n) is 3.91. The van der Waals surface area contributed by atoms with Gasteiger partial charge >= 0.3 is 0 Å². The second-order valence-corrected chi connectivity index (χ2v) is 5.88. The molecule has 1 heterocycles. The summed E-state index contributed by atoms with van der Waals surface area (Å²) < 4.78 is 16.7. The maximum atomic E-state index is 5.75. The number of fused-ring (bicyclic) bond motifs is 1. The molecule has 1 aliphatic rings. The summed E-state index contributed by atoms with van der Waals surface area (Å²) in [6.45, 7) is 4.72. The first-order valence-electron chi connectivity index (χ1n) is 8.86. The van der Waals surface area contributed by atoms with Crippen LogP contribution >= 0.6 is 0 Å². The molecular formula is C20H25N3O3. The Hall–Kier alpha value is -2.89. The summed E-state index contributed by atoms with van der Waals surface area (Å²) in [6.07, 6.45) is 0.891. The standard InChI is InChI=1S/C20H25N3O3/c1-3-21-20(22-14-15-6-4-7-17(12-15)24-2)23-16-8-9-18-19(13-16)26-11-5-10-25-18/h4,6-9,12-13H,3,5,10-11,14H2,1-2H3,(H2,21,22,23). The van der Waals surface area contributed by atoms with Gasteiger partial charge in [-0.2, -0.15) is 0 Å². The zero-order valence-corrected chi connectivity index (χ0v) is 15.2. The molecule has 138 valence electrons. The summed E-state index contributed by atoms with van der Waals surface area (Å²) in [5.74, 6) is 3.09. The van der Waals surface area contributed by atoms with E-state index in [2.05, 4.69) is 15.6 Å². The van der Waals surface area contributed by atoms with Crippen molar-refractivity contribution in [1.29, 1.82) is 0 Å². The number of hydrogen-bond acceptors (Lipinski definition) is 4. The van der Waals surface area contributed by atoms with Crippen LogP contribution in [-0.2, 0) is 6.54 Å². The fourth-order valence-electron chi connectivity index (χ4n) is 2.63. The molecule has 0 atom stereocenters. The Morgan fingerprint density at radius 3 is 2.77 bits per heavy atom. The van der Waals surface area contributed by atoms with Gasteiger partial charge in [-0.3, -0.25) is 0 Å². The molecule has 2 aromatic carbocycles. The van der Waals surface area contributed by atoms with Crippen LogP contribution in [0.3, 0.4) is 0 Å². The van der Waals surface area contributed by atoms with Crippen LogP contribution in [0.25, 0.3) is 0 Å². The largest absolute Gasteiger partial charge is 0.497 e. The van der Waals surface area contributed by atoms with Crippen molar-refractivity contribution < 1.29 is 14.2 Å². The van der Waals surface area contributed by atoms with E-state index in [1.807, 2.05) is 49.4 Å². The van der Waals surface area contributed by atoms with Crippen LogP contribution < -0.4 is 24.8 Å². The van der Waals surface area contributed by atoms with Gasteiger partial charge in [0.15, 0.2) is 17.5 Å². The summed E-state index contributed by atoms with van der Waals surface area (Å²) in [5.41, 5.74) is 1.99. The van der Waals surface area contributed by atoms with Gasteiger partial charge in [0.05, 0.1) is 26.9 Å². The number of aliphatic imine (C=N–C) groups is 1. The van der Waals surface area contributed by atoms with E-state index in [0.29, 0.717) is 25.7 Å². The average molecular weight is 355 g/mol. The predicted octanol–water partition coefficient (Wildman–Crippen LogP) is 3.43. The normalized spacial score (nSPS) is 13.7. The van der Waals surface area contributed by atoms with Gasteiger partial charge in [-0.15, -0.1) is 0 Å². The smallest absolute Gasteiger partial charge is 0.196 e. The minimum atomic E-state index is 0.553. The molecule has 0 bridgehead atoms. The fourth-order valence-corrected chi connectivity index (χ4v) is 2.63. The molecule has 0 spiro atoms. The van der Waals surface area contributed by atoms with Crippen molar-refractivity contribution in [2.75, 3.05) is 32.2 Å². The second kappa shape index (κ2) is 8.99. The lowest BCUT2D eigenvalue weighted by Crippen LogP contribution is -2.30. The van der Waals surface area contributed by atoms with E-state index in [0.717, 1.165) is 41.5 Å². The molecule has 26 heavy (non-hydrogen) atoms. The molecule has 0 unspecified atom stereocenters. The number of guanidine groups is 1. The summed E-state index contributed by atoms with van der Waals surface area (Å²) in [4.78, 5) is 4.65. The van der Waals surface area contributed by atoms with Gasteiger partial charge in [0.25, 0.3) is 0 Å². The number of hydrogen-bond donors (Lipinski definition) is 2. The Morgan fingerprint density at radius 2 is 1.96 bits per heavy atom. The molecule has 6 nitrogen and oxygen atoms in total. The zero-order valence-electron chi connectivity index (χ0n) is 15.2. The zero-order chi connectivity index (χ0) is 18.2. The molecule has 2 N–H and O–H groups in total. The van der Waals surface area contributed by atoms with E-state index in [1.54, 1.807) is 7.11 Å². The topological polar surface area (TPSA) is 64.1 Å². The molecule has 2 aromatic rings. The number of methoxy groups -OCH3 is 1. The van der Waals surface area contributed by atoms with Crippen LogP contribution in [0.1, 0.15) is 18.9 Å². The Balaban J connectivity index is 1.72. The van der Waals surface area contributed by atoms with E-state index in [9.17, 15) is 0 Å². The maximum Gasteiger partial charge on any atom is 0.196 e. The fraction of sp³-hybridized carbons (Fsp3) is 0.350. The number of nitrogens with zero attached hydrogens (tertiary/aromatic N) is 1. The number of benzene rings is 2. The molecule has 0 saturated carbocycles. The molecule has 6 heteroatoms. The summed E-state index contributed by atoms with van der Waals surface area (Å²) in [7, 11) is 1.66. The van der Waals surface area contributed by atoms with Crippen LogP contribution in [-0.4, -0.2) is 32.8 Å². The lowest BCUT2D eigenvalue weighted by atomic mass is 10.2. The molecule has 0 fully saturated rings. The van der Waals surface area contributed by atoms with Crippen molar-refractivity contribution >= 4 is 11.6 Å². The highest BCUT2D eigenvalue weighted by atomic mass is 16.5. The number of rotatable bonds is 5.